The maximum absolute atomic E-state index is 5.33. The van der Waals surface area contributed by atoms with Crippen LogP contribution in [0.3, 0.4) is 0 Å². The number of rotatable bonds is 5. The zero-order valence-electron chi connectivity index (χ0n) is 17.5. The summed E-state index contributed by atoms with van der Waals surface area (Å²) < 4.78 is 5.33. The molecule has 0 aliphatic carbocycles. The highest BCUT2D eigenvalue weighted by Gasteiger charge is 2.28. The van der Waals surface area contributed by atoms with Gasteiger partial charge in [-0.25, -0.2) is 0 Å². The van der Waals surface area contributed by atoms with Crippen molar-refractivity contribution in [2.75, 3.05) is 26.7 Å². The van der Waals surface area contributed by atoms with Gasteiger partial charge in [-0.3, -0.25) is 9.98 Å². The van der Waals surface area contributed by atoms with Gasteiger partial charge < -0.3 is 14.7 Å². The molecule has 7 heteroatoms. The van der Waals surface area contributed by atoms with E-state index in [1.807, 2.05) is 25.2 Å². The van der Waals surface area contributed by atoms with Crippen LogP contribution in [0.5, 0.6) is 0 Å². The van der Waals surface area contributed by atoms with Gasteiger partial charge in [0.2, 0.25) is 0 Å². The minimum Gasteiger partial charge on any atom is -0.356 e. The van der Waals surface area contributed by atoms with E-state index in [9.17, 15) is 0 Å². The molecular formula is C23H28N6O. The first-order chi connectivity index (χ1) is 14.7. The molecule has 7 nitrogen and oxygen atoms in total. The minimum absolute atomic E-state index is 0.451. The van der Waals surface area contributed by atoms with Crippen LogP contribution in [0, 0.1) is 5.92 Å². The van der Waals surface area contributed by atoms with Gasteiger partial charge >= 0.3 is 0 Å². The second-order valence-electron chi connectivity index (χ2n) is 7.68. The number of nitrogens with zero attached hydrogens (tertiary/aromatic N) is 5. The smallest absolute Gasteiger partial charge is 0.276 e. The maximum Gasteiger partial charge on any atom is 0.276 e. The molecular weight excluding hydrogens is 376 g/mol. The lowest BCUT2D eigenvalue weighted by atomic mass is 9.82. The Morgan fingerprint density at radius 3 is 2.77 bits per heavy atom. The third-order valence-corrected chi connectivity index (χ3v) is 5.63. The van der Waals surface area contributed by atoms with Gasteiger partial charge in [-0.05, 0) is 36.0 Å². The van der Waals surface area contributed by atoms with Crippen LogP contribution in [0.15, 0.2) is 64.2 Å². The fourth-order valence-corrected chi connectivity index (χ4v) is 4.10. The van der Waals surface area contributed by atoms with Crippen molar-refractivity contribution in [1.82, 2.24) is 25.3 Å². The van der Waals surface area contributed by atoms with E-state index in [-0.39, 0.29) is 0 Å². The summed E-state index contributed by atoms with van der Waals surface area (Å²) in [5.41, 5.74) is 2.13. The van der Waals surface area contributed by atoms with Crippen molar-refractivity contribution >= 4 is 5.96 Å². The molecule has 1 aromatic carbocycles. The van der Waals surface area contributed by atoms with E-state index >= 15 is 0 Å². The van der Waals surface area contributed by atoms with Crippen molar-refractivity contribution in [2.24, 2.45) is 10.9 Å². The lowest BCUT2D eigenvalue weighted by molar-refractivity contribution is 0.234. The second kappa shape index (κ2) is 9.52. The summed E-state index contributed by atoms with van der Waals surface area (Å²) in [5.74, 6) is 3.21. The summed E-state index contributed by atoms with van der Waals surface area (Å²) in [6.07, 6.45) is 3.50. The number of hydrogen-bond acceptors (Lipinski definition) is 5. The van der Waals surface area contributed by atoms with Crippen molar-refractivity contribution in [3.8, 4) is 11.6 Å². The number of likely N-dealkylation sites (tertiary alicyclic amines) is 1. The van der Waals surface area contributed by atoms with Crippen LogP contribution in [0.2, 0.25) is 0 Å². The maximum atomic E-state index is 5.33. The molecule has 0 radical (unpaired) electrons. The van der Waals surface area contributed by atoms with Gasteiger partial charge in [0.05, 0.1) is 0 Å². The Hall–Kier alpha value is -3.22. The fraction of sp³-hybridized carbons (Fsp3) is 0.391. The molecule has 0 amide bonds. The molecule has 0 bridgehead atoms. The SMILES string of the molecule is CN=C(NCCc1noc(-c2ccccn2)n1)N1CCC(c2ccccc2)C(C)C1. The van der Waals surface area contributed by atoms with Gasteiger partial charge in [0.1, 0.15) is 5.69 Å². The van der Waals surface area contributed by atoms with Crippen LogP contribution in [0.4, 0.5) is 0 Å². The summed E-state index contributed by atoms with van der Waals surface area (Å²) in [5, 5.41) is 7.51. The molecule has 156 valence electrons. The molecule has 2 unspecified atom stereocenters. The third-order valence-electron chi connectivity index (χ3n) is 5.63. The highest BCUT2D eigenvalue weighted by atomic mass is 16.5. The molecule has 1 aliphatic heterocycles. The molecule has 1 N–H and O–H groups in total. The fourth-order valence-electron chi connectivity index (χ4n) is 4.10. The van der Waals surface area contributed by atoms with E-state index in [2.05, 4.69) is 67.6 Å². The Bertz CT molecular complexity index is 956. The predicted octanol–water partition coefficient (Wildman–Crippen LogP) is 3.38. The molecule has 3 aromatic rings. The Labute approximate surface area is 177 Å². The zero-order chi connectivity index (χ0) is 20.8. The molecule has 4 rings (SSSR count). The Kier molecular flexibility index (Phi) is 6.37. The van der Waals surface area contributed by atoms with Crippen LogP contribution in [0.25, 0.3) is 11.6 Å². The van der Waals surface area contributed by atoms with Crippen molar-refractivity contribution in [1.29, 1.82) is 0 Å². The zero-order valence-corrected chi connectivity index (χ0v) is 17.5. The van der Waals surface area contributed by atoms with Crippen molar-refractivity contribution in [3.05, 3.63) is 66.1 Å². The standard InChI is InChI=1S/C23H28N6O/c1-17-16-29(15-12-19(17)18-8-4-3-5-9-18)23(24-2)26-14-11-21-27-22(30-28-21)20-10-6-7-13-25-20/h3-10,13,17,19H,11-12,14-16H2,1-2H3,(H,24,26). The third kappa shape index (κ3) is 4.67. The quantitative estimate of drug-likeness (QED) is 0.519. The average Bonchev–Trinajstić information content (AvgIpc) is 3.27. The Morgan fingerprint density at radius 1 is 1.20 bits per heavy atom. The average molecular weight is 405 g/mol. The lowest BCUT2D eigenvalue weighted by Gasteiger charge is -2.38. The van der Waals surface area contributed by atoms with Crippen LogP contribution in [-0.4, -0.2) is 52.7 Å². The van der Waals surface area contributed by atoms with Gasteiger partial charge in [-0.2, -0.15) is 4.98 Å². The number of nitrogens with one attached hydrogen (secondary N) is 1. The highest BCUT2D eigenvalue weighted by molar-refractivity contribution is 5.80. The summed E-state index contributed by atoms with van der Waals surface area (Å²) in [6, 6.07) is 16.5. The van der Waals surface area contributed by atoms with Gasteiger partial charge in [0.15, 0.2) is 11.8 Å². The Balaban J connectivity index is 1.29. The number of benzene rings is 1. The van der Waals surface area contributed by atoms with E-state index in [0.29, 0.717) is 42.2 Å². The molecule has 3 heterocycles. The summed E-state index contributed by atoms with van der Waals surface area (Å²) in [7, 11) is 1.84. The molecule has 1 aliphatic rings. The second-order valence-corrected chi connectivity index (χ2v) is 7.68. The lowest BCUT2D eigenvalue weighted by Crippen LogP contribution is -2.48. The summed E-state index contributed by atoms with van der Waals surface area (Å²) >= 11 is 0. The van der Waals surface area contributed by atoms with E-state index in [4.69, 9.17) is 4.52 Å². The highest BCUT2D eigenvalue weighted by Crippen LogP contribution is 2.32. The number of piperidine rings is 1. The first kappa shape index (κ1) is 20.1. The minimum atomic E-state index is 0.451. The summed E-state index contributed by atoms with van der Waals surface area (Å²) in [6.45, 7) is 5.01. The van der Waals surface area contributed by atoms with E-state index < -0.39 is 0 Å². The van der Waals surface area contributed by atoms with Gasteiger partial charge in [-0.1, -0.05) is 48.5 Å². The van der Waals surface area contributed by atoms with Crippen molar-refractivity contribution in [3.63, 3.8) is 0 Å². The van der Waals surface area contributed by atoms with Gasteiger partial charge in [0.25, 0.3) is 5.89 Å². The Morgan fingerprint density at radius 2 is 2.03 bits per heavy atom. The predicted molar refractivity (Wildman–Crippen MR) is 117 cm³/mol. The molecule has 0 spiro atoms. The number of aliphatic imine (C=N–C) groups is 1. The number of guanidine groups is 1. The van der Waals surface area contributed by atoms with Crippen molar-refractivity contribution in [2.45, 2.75) is 25.7 Å². The number of pyridine rings is 1. The van der Waals surface area contributed by atoms with Crippen LogP contribution in [0.1, 0.15) is 30.7 Å². The number of aromatic nitrogens is 3. The first-order valence-corrected chi connectivity index (χ1v) is 10.5. The van der Waals surface area contributed by atoms with E-state index in [0.717, 1.165) is 25.5 Å². The summed E-state index contributed by atoms with van der Waals surface area (Å²) in [4.78, 5) is 15.5. The normalized spacial score (nSPS) is 19.7. The molecule has 30 heavy (non-hydrogen) atoms. The molecule has 2 aromatic heterocycles. The van der Waals surface area contributed by atoms with Crippen LogP contribution < -0.4 is 5.32 Å². The largest absolute Gasteiger partial charge is 0.356 e. The topological polar surface area (TPSA) is 79.4 Å². The van der Waals surface area contributed by atoms with Crippen LogP contribution >= 0.6 is 0 Å². The molecule has 1 fully saturated rings. The van der Waals surface area contributed by atoms with Gasteiger partial charge in [-0.15, -0.1) is 0 Å². The molecule has 0 saturated carbocycles. The van der Waals surface area contributed by atoms with E-state index in [1.165, 1.54) is 5.56 Å². The van der Waals surface area contributed by atoms with Gasteiger partial charge in [0, 0.05) is 39.3 Å². The monoisotopic (exact) mass is 404 g/mol. The molecule has 2 atom stereocenters. The number of hydrogen-bond donors (Lipinski definition) is 1. The molecule has 1 saturated heterocycles. The first-order valence-electron chi connectivity index (χ1n) is 10.5. The van der Waals surface area contributed by atoms with E-state index in [1.54, 1.807) is 6.20 Å². The van der Waals surface area contributed by atoms with Crippen LogP contribution in [-0.2, 0) is 6.42 Å². The van der Waals surface area contributed by atoms with Crippen molar-refractivity contribution < 1.29 is 4.52 Å².